The minimum atomic E-state index is -2.16. The number of benzene rings is 1. The summed E-state index contributed by atoms with van der Waals surface area (Å²) in [5, 5.41) is 0.487. The van der Waals surface area contributed by atoms with E-state index in [1.54, 1.807) is 12.1 Å². The van der Waals surface area contributed by atoms with Gasteiger partial charge in [0.05, 0.1) is 0 Å². The van der Waals surface area contributed by atoms with Crippen molar-refractivity contribution in [3.8, 4) is 0 Å². The van der Waals surface area contributed by atoms with Gasteiger partial charge in [-0.05, 0) is 30.0 Å². The van der Waals surface area contributed by atoms with Gasteiger partial charge in [0.1, 0.15) is 0 Å². The topological polar surface area (TPSA) is 37.3 Å². The molecule has 1 aromatic carbocycles. The van der Waals surface area contributed by atoms with Crippen LogP contribution < -0.4 is 5.30 Å². The van der Waals surface area contributed by atoms with Gasteiger partial charge in [-0.25, -0.2) is 0 Å². The minimum Gasteiger partial charge on any atom is -0.156 e. The summed E-state index contributed by atoms with van der Waals surface area (Å²) in [5.74, 6) is 0. The van der Waals surface area contributed by atoms with Crippen LogP contribution in [0.3, 0.4) is 0 Å². The second kappa shape index (κ2) is 4.90. The largest absolute Gasteiger partial charge is 0.546 e. The number of hydrogen-bond acceptors (Lipinski definition) is 1. The predicted molar refractivity (Wildman–Crippen MR) is 54.4 cm³/mol. The SMILES string of the molecule is C1=CC1.Cc1ccc([P+](=O)O)cc1. The third-order valence-corrected chi connectivity index (χ3v) is 2.23. The molecule has 0 aromatic heterocycles. The summed E-state index contributed by atoms with van der Waals surface area (Å²) in [6, 6.07) is 6.96. The van der Waals surface area contributed by atoms with Gasteiger partial charge in [-0.15, -0.1) is 0 Å². The standard InChI is InChI=1S/C7H7O2P.C3H4/c1-6-2-4-7(5-3-6)10(8)9;1-2-3-1/h2-5H,1H3;1-2H,3H2/p+1. The van der Waals surface area contributed by atoms with Crippen LogP contribution in [0.4, 0.5) is 0 Å². The lowest BCUT2D eigenvalue weighted by atomic mass is 10.2. The second-order valence-electron chi connectivity index (χ2n) is 2.82. The molecule has 0 aliphatic heterocycles. The molecule has 1 aliphatic rings. The molecule has 3 heteroatoms. The fraction of sp³-hybridized carbons (Fsp3) is 0.200. The van der Waals surface area contributed by atoms with Crippen LogP contribution in [0.25, 0.3) is 0 Å². The Morgan fingerprint density at radius 1 is 1.23 bits per heavy atom. The average molecular weight is 195 g/mol. The molecule has 2 rings (SSSR count). The number of rotatable bonds is 1. The Morgan fingerprint density at radius 3 is 2.00 bits per heavy atom. The number of aryl methyl sites for hydroxylation is 1. The number of hydrogen-bond donors (Lipinski definition) is 1. The molecule has 0 bridgehead atoms. The second-order valence-corrected chi connectivity index (χ2v) is 3.88. The quantitative estimate of drug-likeness (QED) is 0.551. The molecule has 0 radical (unpaired) electrons. The Morgan fingerprint density at radius 2 is 1.69 bits per heavy atom. The van der Waals surface area contributed by atoms with E-state index in [0.29, 0.717) is 5.30 Å². The molecule has 1 aliphatic carbocycles. The average Bonchev–Trinajstić information content (AvgIpc) is 2.90. The van der Waals surface area contributed by atoms with Crippen LogP contribution in [-0.4, -0.2) is 4.89 Å². The summed E-state index contributed by atoms with van der Waals surface area (Å²) in [6.07, 6.45) is 5.50. The fourth-order valence-electron chi connectivity index (χ4n) is 0.672. The summed E-state index contributed by atoms with van der Waals surface area (Å²) in [6.45, 7) is 1.94. The summed E-state index contributed by atoms with van der Waals surface area (Å²) in [4.78, 5) is 8.62. The maximum absolute atomic E-state index is 10.5. The summed E-state index contributed by atoms with van der Waals surface area (Å²) < 4.78 is 10.5. The van der Waals surface area contributed by atoms with Crippen LogP contribution in [0.1, 0.15) is 12.0 Å². The molecule has 68 valence electrons. The van der Waals surface area contributed by atoms with Crippen molar-refractivity contribution in [3.05, 3.63) is 42.0 Å². The van der Waals surface area contributed by atoms with E-state index < -0.39 is 8.03 Å². The minimum absolute atomic E-state index is 0.487. The van der Waals surface area contributed by atoms with E-state index in [1.807, 2.05) is 19.1 Å². The zero-order chi connectivity index (χ0) is 9.68. The first kappa shape index (κ1) is 10.1. The monoisotopic (exact) mass is 195 g/mol. The van der Waals surface area contributed by atoms with Crippen molar-refractivity contribution < 1.29 is 9.46 Å². The van der Waals surface area contributed by atoms with Crippen LogP contribution in [-0.2, 0) is 4.57 Å². The van der Waals surface area contributed by atoms with Gasteiger partial charge in [0.15, 0.2) is 0 Å². The molecule has 0 fully saturated rings. The molecule has 0 saturated carbocycles. The van der Waals surface area contributed by atoms with Crippen molar-refractivity contribution in [2.45, 2.75) is 13.3 Å². The fourth-order valence-corrected chi connectivity index (χ4v) is 1.08. The highest BCUT2D eigenvalue weighted by molar-refractivity contribution is 7.47. The lowest BCUT2D eigenvalue weighted by Gasteiger charge is -1.85. The molecule has 0 saturated heterocycles. The van der Waals surface area contributed by atoms with Crippen molar-refractivity contribution in [2.24, 2.45) is 0 Å². The van der Waals surface area contributed by atoms with E-state index in [9.17, 15) is 4.57 Å². The van der Waals surface area contributed by atoms with E-state index in [1.165, 1.54) is 6.42 Å². The first-order valence-corrected chi connectivity index (χ1v) is 5.29. The third kappa shape index (κ3) is 4.56. The molecule has 1 atom stereocenters. The molecule has 1 aromatic rings. The van der Waals surface area contributed by atoms with E-state index in [4.69, 9.17) is 4.89 Å². The Kier molecular flexibility index (Phi) is 3.81. The van der Waals surface area contributed by atoms with Gasteiger partial charge >= 0.3 is 8.03 Å². The molecule has 0 amide bonds. The highest BCUT2D eigenvalue weighted by Gasteiger charge is 2.13. The summed E-state index contributed by atoms with van der Waals surface area (Å²) in [7, 11) is -2.16. The van der Waals surface area contributed by atoms with Gasteiger partial charge < -0.3 is 0 Å². The van der Waals surface area contributed by atoms with E-state index in [-0.39, 0.29) is 0 Å². The maximum atomic E-state index is 10.5. The van der Waals surface area contributed by atoms with E-state index in [0.717, 1.165) is 5.56 Å². The zero-order valence-corrected chi connectivity index (χ0v) is 8.37. The molecule has 0 spiro atoms. The van der Waals surface area contributed by atoms with Crippen LogP contribution in [0.5, 0.6) is 0 Å². The highest BCUT2D eigenvalue weighted by atomic mass is 31.1. The molecule has 13 heavy (non-hydrogen) atoms. The summed E-state index contributed by atoms with van der Waals surface area (Å²) >= 11 is 0. The molecule has 0 heterocycles. The smallest absolute Gasteiger partial charge is 0.156 e. The van der Waals surface area contributed by atoms with Gasteiger partial charge in [0.25, 0.3) is 0 Å². The van der Waals surface area contributed by atoms with Crippen molar-refractivity contribution in [1.29, 1.82) is 0 Å². The lowest BCUT2D eigenvalue weighted by molar-refractivity contribution is 0.513. The molecule has 1 N–H and O–H groups in total. The Bertz CT molecular complexity index is 310. The zero-order valence-electron chi connectivity index (χ0n) is 7.47. The van der Waals surface area contributed by atoms with Crippen LogP contribution in [0, 0.1) is 6.92 Å². The maximum Gasteiger partial charge on any atom is 0.546 e. The van der Waals surface area contributed by atoms with Crippen molar-refractivity contribution in [2.75, 3.05) is 0 Å². The third-order valence-electron chi connectivity index (χ3n) is 1.49. The van der Waals surface area contributed by atoms with Crippen molar-refractivity contribution >= 4 is 13.3 Å². The van der Waals surface area contributed by atoms with Crippen LogP contribution in [0.2, 0.25) is 0 Å². The molecule has 2 nitrogen and oxygen atoms in total. The van der Waals surface area contributed by atoms with Gasteiger partial charge in [-0.2, -0.15) is 4.89 Å². The molecule has 1 unspecified atom stereocenters. The predicted octanol–water partition coefficient (Wildman–Crippen LogP) is 2.30. The van der Waals surface area contributed by atoms with Crippen molar-refractivity contribution in [3.63, 3.8) is 0 Å². The summed E-state index contributed by atoms with van der Waals surface area (Å²) in [5.41, 5.74) is 1.10. The first-order chi connectivity index (χ1) is 6.20. The van der Waals surface area contributed by atoms with Crippen molar-refractivity contribution in [1.82, 2.24) is 0 Å². The van der Waals surface area contributed by atoms with Crippen LogP contribution >= 0.6 is 8.03 Å². The van der Waals surface area contributed by atoms with E-state index in [2.05, 4.69) is 12.2 Å². The lowest BCUT2D eigenvalue weighted by Crippen LogP contribution is -1.93. The van der Waals surface area contributed by atoms with Gasteiger partial charge in [0, 0.05) is 0 Å². The highest BCUT2D eigenvalue weighted by Crippen LogP contribution is 2.12. The number of allylic oxidation sites excluding steroid dienone is 2. The molecular formula is C10H12O2P+. The molecular weight excluding hydrogens is 183 g/mol. The van der Waals surface area contributed by atoms with E-state index >= 15 is 0 Å². The first-order valence-electron chi connectivity index (χ1n) is 4.08. The Balaban J connectivity index is 0.000000236. The van der Waals surface area contributed by atoms with Gasteiger partial charge in [-0.1, -0.05) is 29.8 Å². The van der Waals surface area contributed by atoms with Gasteiger partial charge in [0.2, 0.25) is 5.30 Å². The van der Waals surface area contributed by atoms with Gasteiger partial charge in [-0.3, -0.25) is 0 Å². The Labute approximate surface area is 78.8 Å². The normalized spacial score (nSPS) is 12.9. The van der Waals surface area contributed by atoms with Crippen LogP contribution in [0.15, 0.2) is 36.4 Å². The Hall–Kier alpha value is -0.980.